The van der Waals surface area contributed by atoms with Crippen LogP contribution in [0.4, 0.5) is 0 Å². The summed E-state index contributed by atoms with van der Waals surface area (Å²) in [6.45, 7) is 7.52. The van der Waals surface area contributed by atoms with Crippen molar-refractivity contribution in [3.05, 3.63) is 65.6 Å². The number of thiazole rings is 1. The summed E-state index contributed by atoms with van der Waals surface area (Å²) in [5, 5.41) is 2.74. The third-order valence-corrected chi connectivity index (χ3v) is 6.31. The predicted octanol–water partition coefficient (Wildman–Crippen LogP) is 2.41. The highest BCUT2D eigenvalue weighted by atomic mass is 32.1. The molecule has 0 aromatic carbocycles. The molecule has 0 spiro atoms. The van der Waals surface area contributed by atoms with E-state index in [2.05, 4.69) is 5.32 Å². The average Bonchev–Trinajstić information content (AvgIpc) is 3.38. The summed E-state index contributed by atoms with van der Waals surface area (Å²) in [6, 6.07) is 7.43. The van der Waals surface area contributed by atoms with Gasteiger partial charge in [-0.15, -0.1) is 22.7 Å². The highest BCUT2D eigenvalue weighted by Crippen LogP contribution is 2.16. The Kier molecular flexibility index (Phi) is 6.58. The molecule has 3 aromatic rings. The van der Waals surface area contributed by atoms with Gasteiger partial charge in [-0.2, -0.15) is 0 Å². The second-order valence-corrected chi connectivity index (χ2v) is 10.3. The first kappa shape index (κ1) is 22.0. The highest BCUT2D eigenvalue weighted by Gasteiger charge is 2.20. The number of hydrogen-bond acceptors (Lipinski definition) is 6. The van der Waals surface area contributed by atoms with E-state index in [4.69, 9.17) is 4.42 Å². The largest absolute Gasteiger partial charge is 0.467 e. The van der Waals surface area contributed by atoms with E-state index in [1.807, 2.05) is 39.8 Å². The molecule has 3 rings (SSSR count). The van der Waals surface area contributed by atoms with Crippen LogP contribution in [0.15, 0.2) is 39.7 Å². The van der Waals surface area contributed by atoms with Crippen molar-refractivity contribution in [1.29, 1.82) is 0 Å². The highest BCUT2D eigenvalue weighted by molar-refractivity contribution is 7.13. The number of hydrogen-bond donors (Lipinski definition) is 1. The van der Waals surface area contributed by atoms with Gasteiger partial charge in [-0.1, -0.05) is 20.8 Å². The summed E-state index contributed by atoms with van der Waals surface area (Å²) in [7, 11) is 0. The smallest absolute Gasteiger partial charge is 0.269 e. The van der Waals surface area contributed by atoms with Gasteiger partial charge in [0.2, 0.25) is 5.91 Å². The Balaban J connectivity index is 1.97. The number of carbonyl (C=O) groups is 2. The monoisotopic (exact) mass is 444 g/mol. The lowest BCUT2D eigenvalue weighted by Gasteiger charge is -2.12. The first-order valence-corrected chi connectivity index (χ1v) is 11.1. The van der Waals surface area contributed by atoms with E-state index in [0.29, 0.717) is 15.0 Å². The number of rotatable bonds is 6. The number of furan rings is 1. The molecule has 0 aliphatic carbocycles. The number of ketones is 1. The fraction of sp³-hybridized carbons (Fsp3) is 0.318. The first-order chi connectivity index (χ1) is 14.1. The third-order valence-electron chi connectivity index (χ3n) is 4.31. The van der Waals surface area contributed by atoms with E-state index in [1.54, 1.807) is 29.5 Å². The van der Waals surface area contributed by atoms with Gasteiger partial charge in [-0.05, 0) is 37.3 Å². The van der Waals surface area contributed by atoms with Gasteiger partial charge in [0.25, 0.3) is 5.56 Å². The summed E-state index contributed by atoms with van der Waals surface area (Å²) in [6.07, 6.45) is 4.80. The van der Waals surface area contributed by atoms with Gasteiger partial charge in [0.05, 0.1) is 17.3 Å². The van der Waals surface area contributed by atoms with Crippen LogP contribution >= 0.6 is 22.7 Å². The van der Waals surface area contributed by atoms with Crippen LogP contribution in [0.25, 0.3) is 12.2 Å². The Bertz CT molecular complexity index is 1220. The zero-order valence-corrected chi connectivity index (χ0v) is 19.0. The van der Waals surface area contributed by atoms with Crippen molar-refractivity contribution in [3.8, 4) is 0 Å². The Morgan fingerprint density at radius 1 is 1.20 bits per heavy atom. The minimum atomic E-state index is -0.582. The molecule has 6 nitrogen and oxygen atoms in total. The zero-order chi connectivity index (χ0) is 21.9. The average molecular weight is 445 g/mol. The van der Waals surface area contributed by atoms with Crippen molar-refractivity contribution >= 4 is 46.5 Å². The number of nitrogens with one attached hydrogen (secondary N) is 1. The summed E-state index contributed by atoms with van der Waals surface area (Å²) >= 11 is 2.80. The number of carbonyl (C=O) groups excluding carboxylic acids is 2. The molecule has 1 N–H and O–H groups in total. The Morgan fingerprint density at radius 3 is 2.57 bits per heavy atom. The van der Waals surface area contributed by atoms with Crippen LogP contribution in [0.2, 0.25) is 0 Å². The van der Waals surface area contributed by atoms with Gasteiger partial charge >= 0.3 is 0 Å². The van der Waals surface area contributed by atoms with Crippen LogP contribution in [-0.4, -0.2) is 16.3 Å². The van der Waals surface area contributed by atoms with Gasteiger partial charge in [0, 0.05) is 21.2 Å². The third kappa shape index (κ3) is 5.46. The SMILES string of the molecule is Cc1ccc(C=c2sc(=CC(=O)C(C)(C)C)n(CC(=O)NCc3ccco3)c2=O)s1. The van der Waals surface area contributed by atoms with Crippen LogP contribution in [0.3, 0.4) is 0 Å². The molecule has 0 bridgehead atoms. The molecule has 0 unspecified atom stereocenters. The summed E-state index contributed by atoms with van der Waals surface area (Å²) in [4.78, 5) is 40.1. The summed E-state index contributed by atoms with van der Waals surface area (Å²) in [5.74, 6) is 0.187. The maximum atomic E-state index is 13.0. The molecule has 0 saturated carbocycles. The van der Waals surface area contributed by atoms with Gasteiger partial charge in [0.15, 0.2) is 5.78 Å². The van der Waals surface area contributed by atoms with Crippen molar-refractivity contribution in [2.45, 2.75) is 40.8 Å². The molecular weight excluding hydrogens is 420 g/mol. The molecule has 0 fully saturated rings. The van der Waals surface area contributed by atoms with Crippen molar-refractivity contribution in [1.82, 2.24) is 9.88 Å². The van der Waals surface area contributed by atoms with E-state index in [1.165, 1.54) is 28.2 Å². The van der Waals surface area contributed by atoms with Crippen molar-refractivity contribution < 1.29 is 14.0 Å². The number of thiophene rings is 1. The lowest BCUT2D eigenvalue weighted by molar-refractivity contribution is -0.122. The lowest BCUT2D eigenvalue weighted by Crippen LogP contribution is -2.38. The van der Waals surface area contributed by atoms with Crippen molar-refractivity contribution in [2.75, 3.05) is 0 Å². The number of aryl methyl sites for hydroxylation is 1. The molecule has 0 saturated heterocycles. The Labute approximate surface area is 182 Å². The molecule has 0 atom stereocenters. The maximum Gasteiger partial charge on any atom is 0.269 e. The van der Waals surface area contributed by atoms with Crippen molar-refractivity contribution in [2.24, 2.45) is 5.41 Å². The molecule has 30 heavy (non-hydrogen) atoms. The Hall–Kier alpha value is -2.71. The Morgan fingerprint density at radius 2 is 1.97 bits per heavy atom. The predicted molar refractivity (Wildman–Crippen MR) is 120 cm³/mol. The van der Waals surface area contributed by atoms with Crippen LogP contribution in [-0.2, 0) is 22.7 Å². The van der Waals surface area contributed by atoms with E-state index in [9.17, 15) is 14.4 Å². The van der Waals surface area contributed by atoms with Gasteiger partial charge in [-0.25, -0.2) is 0 Å². The van der Waals surface area contributed by atoms with Crippen molar-refractivity contribution in [3.63, 3.8) is 0 Å². The molecule has 0 aliphatic heterocycles. The minimum absolute atomic E-state index is 0.105. The molecular formula is C22H24N2O4S2. The fourth-order valence-electron chi connectivity index (χ4n) is 2.58. The molecule has 3 aromatic heterocycles. The van der Waals surface area contributed by atoms with E-state index in [0.717, 1.165) is 9.75 Å². The van der Waals surface area contributed by atoms with Crippen LogP contribution < -0.4 is 20.1 Å². The quantitative estimate of drug-likeness (QED) is 0.633. The second-order valence-electron chi connectivity index (χ2n) is 7.90. The molecule has 8 heteroatoms. The summed E-state index contributed by atoms with van der Waals surface area (Å²) in [5.41, 5.74) is -0.867. The van der Waals surface area contributed by atoms with E-state index >= 15 is 0 Å². The van der Waals surface area contributed by atoms with Gasteiger partial charge in [0.1, 0.15) is 17.0 Å². The van der Waals surface area contributed by atoms with E-state index < -0.39 is 5.41 Å². The minimum Gasteiger partial charge on any atom is -0.467 e. The van der Waals surface area contributed by atoms with E-state index in [-0.39, 0.29) is 30.3 Å². The van der Waals surface area contributed by atoms with Gasteiger partial charge in [-0.3, -0.25) is 19.0 Å². The first-order valence-electron chi connectivity index (χ1n) is 9.46. The fourth-order valence-corrected chi connectivity index (χ4v) is 4.51. The zero-order valence-electron chi connectivity index (χ0n) is 17.4. The normalized spacial score (nSPS) is 13.1. The maximum absolute atomic E-state index is 13.0. The number of amides is 1. The molecule has 1 amide bonds. The number of Topliss-reactive ketones (excluding diaryl/α,β-unsaturated/α-hetero) is 1. The summed E-state index contributed by atoms with van der Waals surface area (Å²) < 4.78 is 7.52. The lowest BCUT2D eigenvalue weighted by atomic mass is 9.91. The van der Waals surface area contributed by atoms with Gasteiger partial charge < -0.3 is 9.73 Å². The molecule has 3 heterocycles. The molecule has 0 aliphatic rings. The van der Waals surface area contributed by atoms with Crippen LogP contribution in [0.1, 0.15) is 36.3 Å². The standard InChI is InChI=1S/C22H24N2O4S2/c1-14-7-8-16(29-14)10-17-21(27)24(20(30-17)11-18(25)22(2,3)4)13-19(26)23-12-15-6-5-9-28-15/h5-11H,12-13H2,1-4H3,(H,23,26). The molecule has 158 valence electrons. The van der Waals surface area contributed by atoms with Crippen LogP contribution in [0, 0.1) is 12.3 Å². The topological polar surface area (TPSA) is 81.3 Å². The second kappa shape index (κ2) is 8.97. The molecule has 0 radical (unpaired) electrons. The number of aromatic nitrogens is 1. The number of nitrogens with zero attached hydrogens (tertiary/aromatic N) is 1. The van der Waals surface area contributed by atoms with Crippen LogP contribution in [0.5, 0.6) is 0 Å².